The van der Waals surface area contributed by atoms with Crippen LogP contribution in [0.2, 0.25) is 0 Å². The number of aromatic nitrogens is 6. The third-order valence-corrected chi connectivity index (χ3v) is 2.81. The van der Waals surface area contributed by atoms with Gasteiger partial charge in [-0.1, -0.05) is 5.21 Å². The van der Waals surface area contributed by atoms with Crippen LogP contribution in [0.4, 0.5) is 5.95 Å². The van der Waals surface area contributed by atoms with Gasteiger partial charge >= 0.3 is 0 Å². The quantitative estimate of drug-likeness (QED) is 0.694. The fourth-order valence-electron chi connectivity index (χ4n) is 1.85. The van der Waals surface area contributed by atoms with Crippen molar-refractivity contribution in [3.05, 3.63) is 36.3 Å². The molecule has 0 aliphatic heterocycles. The Morgan fingerprint density at radius 1 is 1.32 bits per heavy atom. The number of hydrogen-bond acceptors (Lipinski definition) is 5. The molecule has 1 N–H and O–H groups in total. The molecule has 0 radical (unpaired) electrons. The van der Waals surface area contributed by atoms with Gasteiger partial charge in [-0.2, -0.15) is 4.98 Å². The van der Waals surface area contributed by atoms with Crippen molar-refractivity contribution in [3.8, 4) is 0 Å². The Hall–Kier alpha value is -2.44. The van der Waals surface area contributed by atoms with Crippen molar-refractivity contribution in [3.63, 3.8) is 0 Å². The second kappa shape index (κ2) is 5.05. The fraction of sp³-hybridized carbons (Fsp3) is 0.333. The highest BCUT2D eigenvalue weighted by Crippen LogP contribution is 2.07. The summed E-state index contributed by atoms with van der Waals surface area (Å²) in [7, 11) is 0. The summed E-state index contributed by atoms with van der Waals surface area (Å²) in [5.41, 5.74) is 2.04. The molecule has 0 spiro atoms. The van der Waals surface area contributed by atoms with Gasteiger partial charge in [0.15, 0.2) is 5.65 Å². The van der Waals surface area contributed by atoms with Gasteiger partial charge in [-0.3, -0.25) is 4.68 Å². The van der Waals surface area contributed by atoms with Crippen molar-refractivity contribution in [2.75, 3.05) is 11.9 Å². The van der Waals surface area contributed by atoms with E-state index in [1.807, 2.05) is 36.1 Å². The number of rotatable bonds is 5. The minimum atomic E-state index is 0.657. The molecule has 0 atom stereocenters. The lowest BCUT2D eigenvalue weighted by Crippen LogP contribution is -2.08. The zero-order chi connectivity index (χ0) is 13.1. The Kier molecular flexibility index (Phi) is 3.09. The van der Waals surface area contributed by atoms with E-state index in [1.54, 1.807) is 10.7 Å². The number of nitrogens with one attached hydrogen (secondary N) is 1. The second-order valence-corrected chi connectivity index (χ2v) is 4.39. The monoisotopic (exact) mass is 257 g/mol. The lowest BCUT2D eigenvalue weighted by Gasteiger charge is -2.01. The van der Waals surface area contributed by atoms with Crippen LogP contribution < -0.4 is 5.32 Å². The first-order valence-electron chi connectivity index (χ1n) is 6.22. The molecule has 0 amide bonds. The molecule has 0 aliphatic rings. The molecule has 0 aromatic carbocycles. The van der Waals surface area contributed by atoms with Crippen LogP contribution in [-0.4, -0.2) is 36.1 Å². The molecule has 0 fully saturated rings. The van der Waals surface area contributed by atoms with Gasteiger partial charge in [0, 0.05) is 25.5 Å². The molecule has 0 aliphatic carbocycles. The number of fused-ring (bicyclic) bond motifs is 1. The first-order valence-corrected chi connectivity index (χ1v) is 6.22. The highest BCUT2D eigenvalue weighted by atomic mass is 15.4. The van der Waals surface area contributed by atoms with Crippen molar-refractivity contribution < 1.29 is 0 Å². The third-order valence-electron chi connectivity index (χ3n) is 2.81. The van der Waals surface area contributed by atoms with Gasteiger partial charge in [-0.25, -0.2) is 4.52 Å². The maximum Gasteiger partial charge on any atom is 0.243 e. The lowest BCUT2D eigenvalue weighted by atomic mass is 10.3. The van der Waals surface area contributed by atoms with Crippen molar-refractivity contribution in [1.82, 2.24) is 29.6 Å². The number of nitrogens with zero attached hydrogens (tertiary/aromatic N) is 6. The molecule has 0 saturated carbocycles. The molecule has 7 heteroatoms. The maximum absolute atomic E-state index is 4.41. The van der Waals surface area contributed by atoms with Crippen LogP contribution in [-0.2, 0) is 6.54 Å². The predicted octanol–water partition coefficient (Wildman–Crippen LogP) is 1.13. The molecule has 3 aromatic heterocycles. The van der Waals surface area contributed by atoms with Gasteiger partial charge in [-0.15, -0.1) is 10.2 Å². The molecule has 19 heavy (non-hydrogen) atoms. The zero-order valence-electron chi connectivity index (χ0n) is 10.7. The second-order valence-electron chi connectivity index (χ2n) is 4.39. The van der Waals surface area contributed by atoms with E-state index in [9.17, 15) is 0 Å². The molecule has 0 bridgehead atoms. The summed E-state index contributed by atoms with van der Waals surface area (Å²) < 4.78 is 3.58. The molecular weight excluding hydrogens is 242 g/mol. The summed E-state index contributed by atoms with van der Waals surface area (Å²) in [6.45, 7) is 3.68. The zero-order valence-corrected chi connectivity index (χ0v) is 10.7. The normalized spacial score (nSPS) is 11.0. The Morgan fingerprint density at radius 2 is 2.26 bits per heavy atom. The molecule has 98 valence electrons. The van der Waals surface area contributed by atoms with Gasteiger partial charge < -0.3 is 5.32 Å². The topological polar surface area (TPSA) is 72.9 Å². The molecule has 0 unspecified atom stereocenters. The predicted molar refractivity (Wildman–Crippen MR) is 70.9 cm³/mol. The standard InChI is InChI=1S/C12H15N7/c1-10-3-7-19-11(9-10)15-12(16-19)13-4-2-6-18-8-5-14-17-18/h3,5,7-9H,2,4,6H2,1H3,(H,13,16). The average molecular weight is 257 g/mol. The van der Waals surface area contributed by atoms with E-state index in [0.29, 0.717) is 5.95 Å². The summed E-state index contributed by atoms with van der Waals surface area (Å²) in [6.07, 6.45) is 6.39. The Balaban J connectivity index is 1.56. The van der Waals surface area contributed by atoms with E-state index in [4.69, 9.17) is 0 Å². The third kappa shape index (κ3) is 2.70. The highest BCUT2D eigenvalue weighted by molar-refractivity contribution is 5.45. The Labute approximate surface area is 110 Å². The largest absolute Gasteiger partial charge is 0.353 e. The first-order chi connectivity index (χ1) is 9.31. The smallest absolute Gasteiger partial charge is 0.243 e. The van der Waals surface area contributed by atoms with E-state index < -0.39 is 0 Å². The van der Waals surface area contributed by atoms with E-state index in [0.717, 1.165) is 25.2 Å². The fourth-order valence-corrected chi connectivity index (χ4v) is 1.85. The number of hydrogen-bond donors (Lipinski definition) is 1. The average Bonchev–Trinajstić information content (AvgIpc) is 3.02. The molecule has 3 heterocycles. The number of pyridine rings is 1. The van der Waals surface area contributed by atoms with Crippen molar-refractivity contribution in [2.45, 2.75) is 19.9 Å². The van der Waals surface area contributed by atoms with E-state index in [1.165, 1.54) is 5.56 Å². The molecule has 0 saturated heterocycles. The Morgan fingerprint density at radius 3 is 3.11 bits per heavy atom. The van der Waals surface area contributed by atoms with Gasteiger partial charge in [0.25, 0.3) is 0 Å². The van der Waals surface area contributed by atoms with E-state index >= 15 is 0 Å². The minimum absolute atomic E-state index is 0.657. The van der Waals surface area contributed by atoms with Gasteiger partial charge in [0.2, 0.25) is 5.95 Å². The highest BCUT2D eigenvalue weighted by Gasteiger charge is 2.02. The van der Waals surface area contributed by atoms with Crippen LogP contribution in [0.5, 0.6) is 0 Å². The maximum atomic E-state index is 4.41. The lowest BCUT2D eigenvalue weighted by molar-refractivity contribution is 0.569. The van der Waals surface area contributed by atoms with Gasteiger partial charge in [0.05, 0.1) is 6.20 Å². The molecule has 3 rings (SSSR count). The summed E-state index contributed by atoms with van der Waals surface area (Å²) in [5.74, 6) is 0.657. The summed E-state index contributed by atoms with van der Waals surface area (Å²) >= 11 is 0. The molecular formula is C12H15N7. The number of aryl methyl sites for hydroxylation is 2. The van der Waals surface area contributed by atoms with E-state index in [2.05, 4.69) is 25.7 Å². The Bertz CT molecular complexity index is 656. The van der Waals surface area contributed by atoms with Crippen LogP contribution in [0.1, 0.15) is 12.0 Å². The summed E-state index contributed by atoms with van der Waals surface area (Å²) in [4.78, 5) is 4.41. The SMILES string of the molecule is Cc1ccn2nc(NCCCn3ccnn3)nc2c1. The van der Waals surface area contributed by atoms with Crippen LogP contribution in [0.15, 0.2) is 30.7 Å². The van der Waals surface area contributed by atoms with Gasteiger partial charge in [-0.05, 0) is 31.0 Å². The summed E-state index contributed by atoms with van der Waals surface area (Å²) in [5, 5.41) is 15.2. The summed E-state index contributed by atoms with van der Waals surface area (Å²) in [6, 6.07) is 4.02. The van der Waals surface area contributed by atoms with Crippen molar-refractivity contribution >= 4 is 11.6 Å². The van der Waals surface area contributed by atoms with Gasteiger partial charge in [0.1, 0.15) is 0 Å². The van der Waals surface area contributed by atoms with Crippen LogP contribution in [0.3, 0.4) is 0 Å². The van der Waals surface area contributed by atoms with Crippen LogP contribution >= 0.6 is 0 Å². The van der Waals surface area contributed by atoms with Crippen molar-refractivity contribution in [2.24, 2.45) is 0 Å². The molecule has 7 nitrogen and oxygen atoms in total. The van der Waals surface area contributed by atoms with Crippen LogP contribution in [0, 0.1) is 6.92 Å². The van der Waals surface area contributed by atoms with Crippen LogP contribution in [0.25, 0.3) is 5.65 Å². The number of anilines is 1. The van der Waals surface area contributed by atoms with E-state index in [-0.39, 0.29) is 0 Å². The first kappa shape index (κ1) is 11.6. The van der Waals surface area contributed by atoms with Crippen molar-refractivity contribution in [1.29, 1.82) is 0 Å². The molecule has 3 aromatic rings. The minimum Gasteiger partial charge on any atom is -0.353 e.